The highest BCUT2D eigenvalue weighted by atomic mass is 16.5. The fourth-order valence-corrected chi connectivity index (χ4v) is 2.54. The molecule has 140 valence electrons. The van der Waals surface area contributed by atoms with Gasteiger partial charge in [0, 0.05) is 11.3 Å². The van der Waals surface area contributed by atoms with Crippen LogP contribution in [0.1, 0.15) is 56.8 Å². The minimum atomic E-state index is -0.160. The molecule has 0 spiro atoms. The molecule has 0 saturated heterocycles. The van der Waals surface area contributed by atoms with Crippen LogP contribution < -0.4 is 14.8 Å². The number of ether oxygens (including phenoxy) is 2. The molecule has 2 aromatic carbocycles. The maximum Gasteiger partial charge on any atom is 0.255 e. The molecule has 4 heteroatoms. The molecule has 0 aromatic heterocycles. The lowest BCUT2D eigenvalue weighted by molar-refractivity contribution is 0.102. The van der Waals surface area contributed by atoms with Crippen molar-refractivity contribution in [2.24, 2.45) is 0 Å². The molecule has 1 amide bonds. The van der Waals surface area contributed by atoms with E-state index in [1.165, 1.54) is 19.3 Å². The third-order valence-electron chi connectivity index (χ3n) is 3.85. The molecule has 0 fully saturated rings. The zero-order valence-corrected chi connectivity index (χ0v) is 16.0. The highest BCUT2D eigenvalue weighted by Crippen LogP contribution is 2.19. The van der Waals surface area contributed by atoms with Gasteiger partial charge in [-0.25, -0.2) is 0 Å². The highest BCUT2D eigenvalue weighted by Gasteiger charge is 2.08. The van der Waals surface area contributed by atoms with E-state index in [0.29, 0.717) is 11.3 Å². The lowest BCUT2D eigenvalue weighted by Gasteiger charge is -2.11. The molecule has 0 aliphatic heterocycles. The van der Waals surface area contributed by atoms with Crippen molar-refractivity contribution in [2.45, 2.75) is 52.6 Å². The molecule has 0 atom stereocenters. The summed E-state index contributed by atoms with van der Waals surface area (Å²) < 4.78 is 11.4. The van der Waals surface area contributed by atoms with Gasteiger partial charge in [-0.05, 0) is 62.7 Å². The van der Waals surface area contributed by atoms with Gasteiger partial charge < -0.3 is 14.8 Å². The normalized spacial score (nSPS) is 10.6. The quantitative estimate of drug-likeness (QED) is 0.557. The summed E-state index contributed by atoms with van der Waals surface area (Å²) in [5.74, 6) is 1.36. The Balaban J connectivity index is 1.87. The molecule has 0 heterocycles. The van der Waals surface area contributed by atoms with E-state index in [1.807, 2.05) is 50.2 Å². The molecule has 1 N–H and O–H groups in total. The lowest BCUT2D eigenvalue weighted by Crippen LogP contribution is -2.12. The predicted molar refractivity (Wildman–Crippen MR) is 106 cm³/mol. The van der Waals surface area contributed by atoms with Gasteiger partial charge in [0.2, 0.25) is 0 Å². The molecule has 2 rings (SSSR count). The number of rotatable bonds is 10. The number of amides is 1. The fraction of sp³-hybridized carbons (Fsp3) is 0.409. The van der Waals surface area contributed by atoms with Crippen molar-refractivity contribution in [2.75, 3.05) is 11.9 Å². The summed E-state index contributed by atoms with van der Waals surface area (Å²) >= 11 is 0. The van der Waals surface area contributed by atoms with Crippen LogP contribution in [0.3, 0.4) is 0 Å². The van der Waals surface area contributed by atoms with Gasteiger partial charge in [-0.2, -0.15) is 0 Å². The first-order valence-electron chi connectivity index (χ1n) is 9.39. The second-order valence-corrected chi connectivity index (χ2v) is 6.58. The second kappa shape index (κ2) is 10.5. The van der Waals surface area contributed by atoms with Crippen molar-refractivity contribution < 1.29 is 14.3 Å². The minimum absolute atomic E-state index is 0.0721. The summed E-state index contributed by atoms with van der Waals surface area (Å²) in [6.07, 6.45) is 4.81. The summed E-state index contributed by atoms with van der Waals surface area (Å²) in [4.78, 5) is 12.4. The summed E-state index contributed by atoms with van der Waals surface area (Å²) in [6.45, 7) is 6.84. The van der Waals surface area contributed by atoms with Crippen LogP contribution in [0, 0.1) is 0 Å². The van der Waals surface area contributed by atoms with Gasteiger partial charge in [0.15, 0.2) is 0 Å². The smallest absolute Gasteiger partial charge is 0.255 e. The van der Waals surface area contributed by atoms with E-state index in [0.717, 1.165) is 24.5 Å². The van der Waals surface area contributed by atoms with E-state index >= 15 is 0 Å². The van der Waals surface area contributed by atoms with Crippen LogP contribution in [0.15, 0.2) is 48.5 Å². The molecule has 0 radical (unpaired) electrons. The van der Waals surface area contributed by atoms with E-state index < -0.39 is 0 Å². The molecular weight excluding hydrogens is 326 g/mol. The molecule has 4 nitrogen and oxygen atoms in total. The molecule has 0 aliphatic carbocycles. The molecule has 0 bridgehead atoms. The Kier molecular flexibility index (Phi) is 8.00. The SMILES string of the molecule is CCCCCCOc1ccc(NC(=O)c2cccc(OC(C)C)c2)cc1. The van der Waals surface area contributed by atoms with E-state index in [-0.39, 0.29) is 12.0 Å². The number of anilines is 1. The van der Waals surface area contributed by atoms with Gasteiger partial charge in [-0.3, -0.25) is 4.79 Å². The maximum atomic E-state index is 12.4. The molecule has 2 aromatic rings. The Morgan fingerprint density at radius 1 is 1.00 bits per heavy atom. The maximum absolute atomic E-state index is 12.4. The van der Waals surface area contributed by atoms with E-state index in [2.05, 4.69) is 12.2 Å². The van der Waals surface area contributed by atoms with Crippen molar-refractivity contribution in [3.8, 4) is 11.5 Å². The third kappa shape index (κ3) is 6.79. The van der Waals surface area contributed by atoms with Crippen molar-refractivity contribution >= 4 is 11.6 Å². The largest absolute Gasteiger partial charge is 0.494 e. The van der Waals surface area contributed by atoms with Crippen LogP contribution in [-0.2, 0) is 0 Å². The Labute approximate surface area is 156 Å². The van der Waals surface area contributed by atoms with E-state index in [4.69, 9.17) is 9.47 Å². The zero-order valence-electron chi connectivity index (χ0n) is 16.0. The van der Waals surface area contributed by atoms with Crippen LogP contribution in [0.2, 0.25) is 0 Å². The first-order valence-corrected chi connectivity index (χ1v) is 9.39. The average molecular weight is 355 g/mol. The molecule has 0 saturated carbocycles. The number of carbonyl (C=O) groups is 1. The first kappa shape index (κ1) is 19.8. The third-order valence-corrected chi connectivity index (χ3v) is 3.85. The Morgan fingerprint density at radius 3 is 2.46 bits per heavy atom. The standard InChI is InChI=1S/C22H29NO3/c1-4-5-6-7-15-25-20-13-11-19(12-14-20)23-22(24)18-9-8-10-21(16-18)26-17(2)3/h8-14,16-17H,4-7,15H2,1-3H3,(H,23,24). The zero-order chi connectivity index (χ0) is 18.8. The van der Waals surface area contributed by atoms with Crippen LogP contribution in [0.4, 0.5) is 5.69 Å². The summed E-state index contributed by atoms with van der Waals surface area (Å²) in [5.41, 5.74) is 1.31. The number of hydrogen-bond donors (Lipinski definition) is 1. The first-order chi connectivity index (χ1) is 12.6. The number of carbonyl (C=O) groups excluding carboxylic acids is 1. The van der Waals surface area contributed by atoms with E-state index in [1.54, 1.807) is 12.1 Å². The van der Waals surface area contributed by atoms with Gasteiger partial charge in [0.1, 0.15) is 11.5 Å². The topological polar surface area (TPSA) is 47.6 Å². The fourth-order valence-electron chi connectivity index (χ4n) is 2.54. The van der Waals surface area contributed by atoms with Crippen molar-refractivity contribution in [3.05, 3.63) is 54.1 Å². The molecule has 0 aliphatic rings. The van der Waals surface area contributed by atoms with E-state index in [9.17, 15) is 4.79 Å². The number of hydrogen-bond acceptors (Lipinski definition) is 3. The number of nitrogens with one attached hydrogen (secondary N) is 1. The summed E-state index contributed by atoms with van der Waals surface area (Å²) in [5, 5.41) is 2.90. The minimum Gasteiger partial charge on any atom is -0.494 e. The van der Waals surface area contributed by atoms with Gasteiger partial charge in [-0.15, -0.1) is 0 Å². The Hall–Kier alpha value is -2.49. The summed E-state index contributed by atoms with van der Waals surface area (Å²) in [7, 11) is 0. The molecule has 0 unspecified atom stereocenters. The van der Waals surface area contributed by atoms with Crippen molar-refractivity contribution in [1.29, 1.82) is 0 Å². The summed E-state index contributed by atoms with van der Waals surface area (Å²) in [6, 6.07) is 14.7. The van der Waals surface area contributed by atoms with Crippen LogP contribution in [0.25, 0.3) is 0 Å². The highest BCUT2D eigenvalue weighted by molar-refractivity contribution is 6.04. The Morgan fingerprint density at radius 2 is 1.77 bits per heavy atom. The van der Waals surface area contributed by atoms with Crippen molar-refractivity contribution in [1.82, 2.24) is 0 Å². The lowest BCUT2D eigenvalue weighted by atomic mass is 10.2. The van der Waals surface area contributed by atoms with Gasteiger partial charge >= 0.3 is 0 Å². The number of unbranched alkanes of at least 4 members (excludes halogenated alkanes) is 3. The second-order valence-electron chi connectivity index (χ2n) is 6.58. The van der Waals surface area contributed by atoms with Crippen molar-refractivity contribution in [3.63, 3.8) is 0 Å². The predicted octanol–water partition coefficient (Wildman–Crippen LogP) is 5.69. The molecular formula is C22H29NO3. The average Bonchev–Trinajstić information content (AvgIpc) is 2.62. The van der Waals surface area contributed by atoms with Crippen LogP contribution >= 0.6 is 0 Å². The molecule has 26 heavy (non-hydrogen) atoms. The Bertz CT molecular complexity index is 680. The number of benzene rings is 2. The van der Waals surface area contributed by atoms with Crippen LogP contribution in [0.5, 0.6) is 11.5 Å². The monoisotopic (exact) mass is 355 g/mol. The van der Waals surface area contributed by atoms with Gasteiger partial charge in [0.25, 0.3) is 5.91 Å². The van der Waals surface area contributed by atoms with Gasteiger partial charge in [0.05, 0.1) is 12.7 Å². The van der Waals surface area contributed by atoms with Gasteiger partial charge in [-0.1, -0.05) is 32.3 Å². The van der Waals surface area contributed by atoms with Crippen LogP contribution in [-0.4, -0.2) is 18.6 Å².